The van der Waals surface area contributed by atoms with Crippen LogP contribution in [-0.2, 0) is 11.2 Å². The van der Waals surface area contributed by atoms with E-state index in [9.17, 15) is 18.0 Å². The Kier molecular flexibility index (Phi) is 12.4. The second-order valence-electron chi connectivity index (χ2n) is 9.02. The minimum Gasteiger partial charge on any atom is -0.359 e. The molecule has 0 aromatic heterocycles. The smallest absolute Gasteiger partial charge is 0.359 e. The molecule has 202 valence electrons. The van der Waals surface area contributed by atoms with Gasteiger partial charge in [-0.15, -0.1) is 0 Å². The molecule has 38 heavy (non-hydrogen) atoms. The van der Waals surface area contributed by atoms with E-state index in [0.717, 1.165) is 42.3 Å². The average molecular weight is 523 g/mol. The molecule has 3 aromatic rings. The molecule has 0 spiro atoms. The summed E-state index contributed by atoms with van der Waals surface area (Å²) >= 11 is 0. The zero-order valence-corrected chi connectivity index (χ0v) is 22.3. The molecule has 0 saturated heterocycles. The van der Waals surface area contributed by atoms with Crippen molar-refractivity contribution in [2.75, 3.05) is 10.6 Å². The van der Waals surface area contributed by atoms with Crippen molar-refractivity contribution < 1.29 is 18.0 Å². The quantitative estimate of drug-likeness (QED) is 0.195. The highest BCUT2D eigenvalue weighted by molar-refractivity contribution is 5.71. The predicted molar refractivity (Wildman–Crippen MR) is 152 cm³/mol. The zero-order valence-electron chi connectivity index (χ0n) is 22.3. The van der Waals surface area contributed by atoms with E-state index in [-0.39, 0.29) is 0 Å². The number of hydrogen-bond acceptors (Lipinski definition) is 2. The Balaban J connectivity index is 0.000000269. The molecule has 0 aliphatic heterocycles. The van der Waals surface area contributed by atoms with E-state index < -0.39 is 11.7 Å². The highest BCUT2D eigenvalue weighted by atomic mass is 19.4. The normalized spacial score (nSPS) is 12.1. The number of anilines is 2. The molecule has 3 rings (SSSR count). The topological polar surface area (TPSA) is 41.1 Å². The van der Waals surface area contributed by atoms with E-state index in [1.807, 2.05) is 49.4 Å². The summed E-state index contributed by atoms with van der Waals surface area (Å²) in [5, 5.41) is 5.65. The summed E-state index contributed by atoms with van der Waals surface area (Å²) in [7, 11) is 0. The molecular formula is C32H37F3N2O. The van der Waals surface area contributed by atoms with Crippen LogP contribution in [0.2, 0.25) is 0 Å². The first kappa shape index (κ1) is 30.4. The van der Waals surface area contributed by atoms with Gasteiger partial charge in [-0.1, -0.05) is 87.9 Å². The summed E-state index contributed by atoms with van der Waals surface area (Å²) in [5.74, 6) is 0.393. The number of rotatable bonds is 11. The predicted octanol–water partition coefficient (Wildman–Crippen LogP) is 9.26. The van der Waals surface area contributed by atoms with Crippen LogP contribution in [0.3, 0.4) is 0 Å². The molecule has 0 fully saturated rings. The van der Waals surface area contributed by atoms with Crippen molar-refractivity contribution in [2.45, 2.75) is 58.5 Å². The van der Waals surface area contributed by atoms with E-state index in [0.29, 0.717) is 11.6 Å². The second-order valence-corrected chi connectivity index (χ2v) is 9.02. The highest BCUT2D eigenvalue weighted by Gasteiger charge is 2.30. The fourth-order valence-electron chi connectivity index (χ4n) is 4.01. The van der Waals surface area contributed by atoms with Gasteiger partial charge in [0.1, 0.15) is 0 Å². The first-order chi connectivity index (χ1) is 18.2. The minimum absolute atomic E-state index is 0.393. The lowest BCUT2D eigenvalue weighted by Gasteiger charge is -2.18. The summed E-state index contributed by atoms with van der Waals surface area (Å²) < 4.78 is 36.9. The number of halogens is 3. The van der Waals surface area contributed by atoms with Gasteiger partial charge < -0.3 is 10.6 Å². The summed E-state index contributed by atoms with van der Waals surface area (Å²) in [6, 6.07) is 26.3. The van der Waals surface area contributed by atoms with Crippen molar-refractivity contribution in [3.05, 3.63) is 119 Å². The monoisotopic (exact) mass is 522 g/mol. The SMILES string of the molecule is C=C(/C=C(/C)Nc1cccc(CC)c1)C(F)(F)F.CCCCC(c1ccccc1)c1cccc(NC=O)c1. The molecule has 2 N–H and O–H groups in total. The lowest BCUT2D eigenvalue weighted by molar-refractivity contribution is -0.105. The van der Waals surface area contributed by atoms with Crippen LogP contribution >= 0.6 is 0 Å². The molecular weight excluding hydrogens is 485 g/mol. The van der Waals surface area contributed by atoms with E-state index in [4.69, 9.17) is 0 Å². The lowest BCUT2D eigenvalue weighted by Crippen LogP contribution is -2.10. The number of alkyl halides is 3. The number of carbonyl (C=O) groups is 1. The van der Waals surface area contributed by atoms with E-state index in [2.05, 4.69) is 60.5 Å². The van der Waals surface area contributed by atoms with Gasteiger partial charge in [-0.3, -0.25) is 4.79 Å². The van der Waals surface area contributed by atoms with Gasteiger partial charge in [-0.05, 0) is 66.8 Å². The number of carbonyl (C=O) groups excluding carboxylic acids is 1. The number of nitrogens with one attached hydrogen (secondary N) is 2. The summed E-state index contributed by atoms with van der Waals surface area (Å²) in [5.41, 5.74) is 4.90. The van der Waals surface area contributed by atoms with Crippen LogP contribution in [0, 0.1) is 0 Å². The second kappa shape index (κ2) is 15.5. The fraction of sp³-hybridized carbons (Fsp3) is 0.281. The molecule has 3 aromatic carbocycles. The van der Waals surface area contributed by atoms with Crippen LogP contribution in [0.4, 0.5) is 24.5 Å². The van der Waals surface area contributed by atoms with Crippen molar-refractivity contribution >= 4 is 17.8 Å². The van der Waals surface area contributed by atoms with Crippen molar-refractivity contribution in [1.82, 2.24) is 0 Å². The van der Waals surface area contributed by atoms with E-state index in [1.165, 1.54) is 24.0 Å². The molecule has 0 aliphatic rings. The van der Waals surface area contributed by atoms with Crippen LogP contribution in [0.1, 0.15) is 62.6 Å². The zero-order chi connectivity index (χ0) is 28.0. The number of amides is 1. The van der Waals surface area contributed by atoms with Crippen LogP contribution in [0.25, 0.3) is 0 Å². The van der Waals surface area contributed by atoms with Crippen molar-refractivity contribution in [2.24, 2.45) is 0 Å². The third-order valence-electron chi connectivity index (χ3n) is 5.99. The van der Waals surface area contributed by atoms with Gasteiger partial charge in [0, 0.05) is 23.0 Å². The fourth-order valence-corrected chi connectivity index (χ4v) is 4.01. The number of benzene rings is 3. The maximum atomic E-state index is 12.3. The Labute approximate surface area is 224 Å². The molecule has 0 saturated carbocycles. The maximum Gasteiger partial charge on any atom is 0.415 e. The standard InChI is InChI=1S/C18H21NO.C14H16F3N/c1-2-3-12-18(15-8-5-4-6-9-15)16-10-7-11-17(13-16)19-14-20;1-4-12-6-5-7-13(9-12)18-11(3)8-10(2)14(15,16)17/h4-11,13-14,18H,2-3,12H2,1H3,(H,19,20);5-9,18H,2,4H2,1,3H3/b;11-8-. The van der Waals surface area contributed by atoms with Gasteiger partial charge in [-0.2, -0.15) is 13.2 Å². The van der Waals surface area contributed by atoms with Gasteiger partial charge in [0.2, 0.25) is 6.41 Å². The third-order valence-corrected chi connectivity index (χ3v) is 5.99. The van der Waals surface area contributed by atoms with E-state index in [1.54, 1.807) is 6.92 Å². The maximum absolute atomic E-state index is 12.3. The van der Waals surface area contributed by atoms with Crippen LogP contribution in [0.15, 0.2) is 103 Å². The van der Waals surface area contributed by atoms with Gasteiger partial charge in [0.25, 0.3) is 0 Å². The van der Waals surface area contributed by atoms with E-state index >= 15 is 0 Å². The Morgan fingerprint density at radius 2 is 1.58 bits per heavy atom. The molecule has 3 nitrogen and oxygen atoms in total. The Bertz CT molecular complexity index is 1190. The Hall–Kier alpha value is -3.80. The molecule has 0 bridgehead atoms. The molecule has 1 atom stereocenters. The third kappa shape index (κ3) is 10.3. The molecule has 1 amide bonds. The lowest BCUT2D eigenvalue weighted by atomic mass is 9.87. The molecule has 6 heteroatoms. The molecule has 0 aliphatic carbocycles. The average Bonchev–Trinajstić information content (AvgIpc) is 2.90. The Morgan fingerprint density at radius 1 is 0.921 bits per heavy atom. The van der Waals surface area contributed by atoms with Gasteiger partial charge >= 0.3 is 6.18 Å². The Morgan fingerprint density at radius 3 is 2.21 bits per heavy atom. The van der Waals surface area contributed by atoms with Crippen molar-refractivity contribution in [3.63, 3.8) is 0 Å². The highest BCUT2D eigenvalue weighted by Crippen LogP contribution is 2.31. The van der Waals surface area contributed by atoms with Crippen molar-refractivity contribution in [3.8, 4) is 0 Å². The van der Waals surface area contributed by atoms with Gasteiger partial charge in [0.15, 0.2) is 0 Å². The summed E-state index contributed by atoms with van der Waals surface area (Å²) in [6.07, 6.45) is 1.74. The first-order valence-electron chi connectivity index (χ1n) is 12.8. The van der Waals surface area contributed by atoms with Gasteiger partial charge in [0.05, 0.1) is 5.57 Å². The largest absolute Gasteiger partial charge is 0.415 e. The summed E-state index contributed by atoms with van der Waals surface area (Å²) in [6.45, 7) is 8.81. The molecule has 0 heterocycles. The van der Waals surface area contributed by atoms with Crippen LogP contribution in [-0.4, -0.2) is 12.6 Å². The summed E-state index contributed by atoms with van der Waals surface area (Å²) in [4.78, 5) is 10.6. The van der Waals surface area contributed by atoms with Crippen molar-refractivity contribution in [1.29, 1.82) is 0 Å². The number of hydrogen-bond donors (Lipinski definition) is 2. The van der Waals surface area contributed by atoms with Gasteiger partial charge in [-0.25, -0.2) is 0 Å². The minimum atomic E-state index is -4.38. The number of aryl methyl sites for hydroxylation is 1. The molecule has 1 unspecified atom stereocenters. The van der Waals surface area contributed by atoms with Crippen LogP contribution < -0.4 is 10.6 Å². The number of allylic oxidation sites excluding steroid dienone is 3. The van der Waals surface area contributed by atoms with Crippen LogP contribution in [0.5, 0.6) is 0 Å². The molecule has 0 radical (unpaired) electrons. The first-order valence-corrected chi connectivity index (χ1v) is 12.8. The number of unbranched alkanes of at least 4 members (excludes halogenated alkanes) is 1.